The molecule has 1 aromatic carbocycles. The number of fused-ring (bicyclic) bond motifs is 2. The van der Waals surface area contributed by atoms with E-state index in [0.717, 1.165) is 16.0 Å². The summed E-state index contributed by atoms with van der Waals surface area (Å²) in [5, 5.41) is 9.95. The maximum atomic E-state index is 12.3. The molecule has 4 aromatic rings. The number of ether oxygens (including phenoxy) is 1. The molecule has 0 atom stereocenters. The standard InChI is InChI=1S/C19H19N5O3S/c1-27-15-4-2-12-8-13(18(26)23-16(12)9-15)3-5-17(25)20-7-6-14-10-28-19-21-11-22-24(14)19/h2,4,8-11H,3,5-7H2,1H3,(H,20,25)(H,23,26). The zero-order valence-corrected chi connectivity index (χ0v) is 16.1. The van der Waals surface area contributed by atoms with Gasteiger partial charge in [-0.25, -0.2) is 9.50 Å². The Balaban J connectivity index is 1.33. The minimum Gasteiger partial charge on any atom is -0.497 e. The predicted molar refractivity (Wildman–Crippen MR) is 107 cm³/mol. The van der Waals surface area contributed by atoms with E-state index in [1.807, 2.05) is 23.6 Å². The summed E-state index contributed by atoms with van der Waals surface area (Å²) in [5.41, 5.74) is 2.14. The number of nitrogens with zero attached hydrogens (tertiary/aromatic N) is 3. The summed E-state index contributed by atoms with van der Waals surface area (Å²) in [6.45, 7) is 0.512. The molecule has 8 nitrogen and oxygen atoms in total. The summed E-state index contributed by atoms with van der Waals surface area (Å²) in [6.07, 6.45) is 2.83. The molecule has 0 aliphatic rings. The van der Waals surface area contributed by atoms with Gasteiger partial charge in [-0.1, -0.05) is 0 Å². The van der Waals surface area contributed by atoms with Gasteiger partial charge < -0.3 is 15.0 Å². The van der Waals surface area contributed by atoms with Crippen LogP contribution in [-0.4, -0.2) is 39.1 Å². The van der Waals surface area contributed by atoms with Crippen molar-refractivity contribution < 1.29 is 9.53 Å². The van der Waals surface area contributed by atoms with E-state index in [2.05, 4.69) is 20.4 Å². The van der Waals surface area contributed by atoms with Crippen LogP contribution in [-0.2, 0) is 17.6 Å². The van der Waals surface area contributed by atoms with Crippen LogP contribution in [0.3, 0.4) is 0 Å². The highest BCUT2D eigenvalue weighted by molar-refractivity contribution is 7.15. The highest BCUT2D eigenvalue weighted by Crippen LogP contribution is 2.18. The molecule has 3 heterocycles. The number of hydrogen-bond acceptors (Lipinski definition) is 6. The third kappa shape index (κ3) is 3.74. The molecular weight excluding hydrogens is 378 g/mol. The normalized spacial score (nSPS) is 11.2. The quantitative estimate of drug-likeness (QED) is 0.496. The highest BCUT2D eigenvalue weighted by atomic mass is 32.1. The third-order valence-electron chi connectivity index (χ3n) is 4.54. The lowest BCUT2D eigenvalue weighted by Gasteiger charge is -2.06. The van der Waals surface area contributed by atoms with Gasteiger partial charge in [0.25, 0.3) is 5.56 Å². The van der Waals surface area contributed by atoms with Gasteiger partial charge in [0.1, 0.15) is 12.1 Å². The molecule has 0 radical (unpaired) electrons. The Bertz CT molecular complexity index is 1190. The van der Waals surface area contributed by atoms with E-state index in [-0.39, 0.29) is 17.9 Å². The molecule has 0 bridgehead atoms. The molecule has 28 heavy (non-hydrogen) atoms. The summed E-state index contributed by atoms with van der Waals surface area (Å²) < 4.78 is 6.95. The Labute approximate surface area is 164 Å². The Kier molecular flexibility index (Phi) is 5.07. The lowest BCUT2D eigenvalue weighted by Crippen LogP contribution is -2.27. The number of methoxy groups -OCH3 is 1. The summed E-state index contributed by atoms with van der Waals surface area (Å²) >= 11 is 1.52. The Morgan fingerprint density at radius 3 is 3.07 bits per heavy atom. The van der Waals surface area contributed by atoms with E-state index >= 15 is 0 Å². The summed E-state index contributed by atoms with van der Waals surface area (Å²) in [4.78, 5) is 32.2. The number of nitrogens with one attached hydrogen (secondary N) is 2. The van der Waals surface area contributed by atoms with Gasteiger partial charge in [0.05, 0.1) is 18.3 Å². The maximum Gasteiger partial charge on any atom is 0.251 e. The lowest BCUT2D eigenvalue weighted by molar-refractivity contribution is -0.121. The summed E-state index contributed by atoms with van der Waals surface area (Å²) in [5.74, 6) is 0.600. The molecular formula is C19H19N5O3S. The number of hydrogen-bond donors (Lipinski definition) is 2. The van der Waals surface area contributed by atoms with Crippen molar-refractivity contribution in [1.82, 2.24) is 24.9 Å². The number of amides is 1. The van der Waals surface area contributed by atoms with Gasteiger partial charge in [-0.15, -0.1) is 11.3 Å². The summed E-state index contributed by atoms with van der Waals surface area (Å²) in [7, 11) is 1.58. The second-order valence-electron chi connectivity index (χ2n) is 6.36. The average molecular weight is 397 g/mol. The fourth-order valence-corrected chi connectivity index (χ4v) is 3.88. The van der Waals surface area contributed by atoms with E-state index in [0.29, 0.717) is 36.2 Å². The first-order valence-electron chi connectivity index (χ1n) is 8.87. The molecule has 0 saturated heterocycles. The van der Waals surface area contributed by atoms with Gasteiger partial charge in [0, 0.05) is 36.4 Å². The lowest BCUT2D eigenvalue weighted by atomic mass is 10.1. The number of rotatable bonds is 7. The molecule has 9 heteroatoms. The van der Waals surface area contributed by atoms with Crippen molar-refractivity contribution >= 4 is 33.1 Å². The first-order chi connectivity index (χ1) is 13.6. The minimum absolute atomic E-state index is 0.0840. The second kappa shape index (κ2) is 7.81. The Morgan fingerprint density at radius 2 is 2.21 bits per heavy atom. The molecule has 144 valence electrons. The molecule has 0 saturated carbocycles. The number of aromatic nitrogens is 4. The van der Waals surface area contributed by atoms with E-state index in [4.69, 9.17) is 4.74 Å². The van der Waals surface area contributed by atoms with Gasteiger partial charge >= 0.3 is 0 Å². The first kappa shape index (κ1) is 18.2. The fourth-order valence-electron chi connectivity index (χ4n) is 3.05. The van der Waals surface area contributed by atoms with Gasteiger partial charge in [0.15, 0.2) is 0 Å². The number of benzene rings is 1. The van der Waals surface area contributed by atoms with Crippen molar-refractivity contribution in [2.75, 3.05) is 13.7 Å². The molecule has 0 fully saturated rings. The van der Waals surface area contributed by atoms with Crippen molar-refractivity contribution in [3.05, 3.63) is 57.6 Å². The zero-order chi connectivity index (χ0) is 19.5. The molecule has 0 unspecified atom stereocenters. The number of pyridine rings is 1. The highest BCUT2D eigenvalue weighted by Gasteiger charge is 2.09. The maximum absolute atomic E-state index is 12.3. The number of aryl methyl sites for hydroxylation is 1. The van der Waals surface area contributed by atoms with Crippen molar-refractivity contribution in [3.8, 4) is 5.75 Å². The van der Waals surface area contributed by atoms with E-state index < -0.39 is 0 Å². The number of thiazole rings is 1. The average Bonchev–Trinajstić information content (AvgIpc) is 3.30. The molecule has 4 rings (SSSR count). The predicted octanol–water partition coefficient (Wildman–Crippen LogP) is 1.93. The van der Waals surface area contributed by atoms with E-state index in [1.165, 1.54) is 17.7 Å². The van der Waals surface area contributed by atoms with Crippen LogP contribution in [0.25, 0.3) is 15.9 Å². The summed E-state index contributed by atoms with van der Waals surface area (Å²) in [6, 6.07) is 7.34. The monoisotopic (exact) mass is 397 g/mol. The SMILES string of the molecule is COc1ccc2cc(CCC(=O)NCCc3csc4ncnn34)c(=O)[nH]c2c1. The van der Waals surface area contributed by atoms with Gasteiger partial charge in [-0.05, 0) is 30.0 Å². The zero-order valence-electron chi connectivity index (χ0n) is 15.3. The molecule has 1 amide bonds. The van der Waals surface area contributed by atoms with Gasteiger partial charge in [-0.2, -0.15) is 5.10 Å². The van der Waals surface area contributed by atoms with Crippen LogP contribution < -0.4 is 15.6 Å². The van der Waals surface area contributed by atoms with E-state index in [1.54, 1.807) is 17.7 Å². The van der Waals surface area contributed by atoms with Crippen molar-refractivity contribution in [3.63, 3.8) is 0 Å². The third-order valence-corrected chi connectivity index (χ3v) is 5.42. The minimum atomic E-state index is -0.180. The molecule has 0 aliphatic carbocycles. The van der Waals surface area contributed by atoms with Crippen molar-refractivity contribution in [2.45, 2.75) is 19.3 Å². The van der Waals surface area contributed by atoms with Crippen LogP contribution in [0.4, 0.5) is 0 Å². The number of carbonyl (C=O) groups is 1. The van der Waals surface area contributed by atoms with Gasteiger partial charge in [-0.3, -0.25) is 9.59 Å². The van der Waals surface area contributed by atoms with Crippen LogP contribution >= 0.6 is 11.3 Å². The topological polar surface area (TPSA) is 101 Å². The largest absolute Gasteiger partial charge is 0.497 e. The smallest absolute Gasteiger partial charge is 0.251 e. The van der Waals surface area contributed by atoms with Crippen LogP contribution in [0, 0.1) is 0 Å². The molecule has 0 aliphatic heterocycles. The Hall–Kier alpha value is -3.20. The van der Waals surface area contributed by atoms with Crippen LogP contribution in [0.1, 0.15) is 17.7 Å². The van der Waals surface area contributed by atoms with Crippen LogP contribution in [0.5, 0.6) is 5.75 Å². The first-order valence-corrected chi connectivity index (χ1v) is 9.75. The van der Waals surface area contributed by atoms with Gasteiger partial charge in [0.2, 0.25) is 10.9 Å². The Morgan fingerprint density at radius 1 is 1.32 bits per heavy atom. The fraction of sp³-hybridized carbons (Fsp3) is 0.263. The number of H-pyrrole nitrogens is 1. The second-order valence-corrected chi connectivity index (χ2v) is 7.19. The van der Waals surface area contributed by atoms with Crippen LogP contribution in [0.2, 0.25) is 0 Å². The van der Waals surface area contributed by atoms with E-state index in [9.17, 15) is 9.59 Å². The number of aromatic amines is 1. The molecule has 0 spiro atoms. The molecule has 3 aromatic heterocycles. The van der Waals surface area contributed by atoms with Crippen molar-refractivity contribution in [1.29, 1.82) is 0 Å². The molecule has 2 N–H and O–H groups in total. The number of carbonyl (C=O) groups excluding carboxylic acids is 1. The van der Waals surface area contributed by atoms with Crippen LogP contribution in [0.15, 0.2) is 40.8 Å². The van der Waals surface area contributed by atoms with Crippen molar-refractivity contribution in [2.24, 2.45) is 0 Å².